The van der Waals surface area contributed by atoms with E-state index in [1.54, 1.807) is 7.11 Å². The monoisotopic (exact) mass is 230 g/mol. The molecule has 2 heterocycles. The van der Waals surface area contributed by atoms with Gasteiger partial charge in [-0.3, -0.25) is 0 Å². The largest absolute Gasteiger partial charge is 0.497 e. The van der Waals surface area contributed by atoms with Crippen LogP contribution < -0.4 is 4.74 Å². The minimum Gasteiger partial charge on any atom is -0.497 e. The SMILES string of the molecule is COc1ccc(C2[C@@H]3[C@@H]2[C@H]2C=C[C@@H]3OO2)cc1. The van der Waals surface area contributed by atoms with Gasteiger partial charge in [0.25, 0.3) is 0 Å². The molecule has 88 valence electrons. The number of methoxy groups -OCH3 is 1. The average Bonchev–Trinajstić information content (AvgIpc) is 3.18. The summed E-state index contributed by atoms with van der Waals surface area (Å²) < 4.78 is 5.18. The van der Waals surface area contributed by atoms with Gasteiger partial charge in [0, 0.05) is 11.8 Å². The summed E-state index contributed by atoms with van der Waals surface area (Å²) in [4.78, 5) is 10.6. The molecule has 1 aromatic rings. The highest BCUT2D eigenvalue weighted by Gasteiger charge is 2.63. The number of hydrogen-bond donors (Lipinski definition) is 0. The van der Waals surface area contributed by atoms with Gasteiger partial charge in [0.15, 0.2) is 0 Å². The Morgan fingerprint density at radius 3 is 2.00 bits per heavy atom. The fourth-order valence-corrected chi connectivity index (χ4v) is 3.27. The first-order valence-corrected chi connectivity index (χ1v) is 6.03. The van der Waals surface area contributed by atoms with Crippen LogP contribution >= 0.6 is 0 Å². The van der Waals surface area contributed by atoms with Crippen molar-refractivity contribution in [3.05, 3.63) is 42.0 Å². The summed E-state index contributed by atoms with van der Waals surface area (Å²) in [5, 5.41) is 0. The van der Waals surface area contributed by atoms with Crippen LogP contribution in [-0.4, -0.2) is 19.3 Å². The van der Waals surface area contributed by atoms with Crippen molar-refractivity contribution in [2.24, 2.45) is 11.8 Å². The summed E-state index contributed by atoms with van der Waals surface area (Å²) in [6, 6.07) is 8.36. The summed E-state index contributed by atoms with van der Waals surface area (Å²) in [6.07, 6.45) is 4.58. The van der Waals surface area contributed by atoms with Crippen LogP contribution in [0.2, 0.25) is 0 Å². The van der Waals surface area contributed by atoms with Crippen molar-refractivity contribution < 1.29 is 14.5 Å². The van der Waals surface area contributed by atoms with Gasteiger partial charge in [0.05, 0.1) is 7.11 Å². The lowest BCUT2D eigenvalue weighted by atomic mass is 10.0. The zero-order chi connectivity index (χ0) is 11.4. The predicted molar refractivity (Wildman–Crippen MR) is 61.6 cm³/mol. The highest BCUT2D eigenvalue weighted by atomic mass is 17.2. The molecule has 0 spiro atoms. The van der Waals surface area contributed by atoms with Crippen molar-refractivity contribution >= 4 is 0 Å². The molecule has 1 aromatic carbocycles. The molecule has 0 amide bonds. The van der Waals surface area contributed by atoms with Crippen LogP contribution in [0.25, 0.3) is 0 Å². The maximum absolute atomic E-state index is 5.32. The van der Waals surface area contributed by atoms with Gasteiger partial charge in [-0.15, -0.1) is 0 Å². The van der Waals surface area contributed by atoms with Crippen LogP contribution in [0.15, 0.2) is 36.4 Å². The van der Waals surface area contributed by atoms with Crippen LogP contribution in [0.5, 0.6) is 5.75 Å². The smallest absolute Gasteiger partial charge is 0.118 e. The molecule has 2 bridgehead atoms. The van der Waals surface area contributed by atoms with E-state index >= 15 is 0 Å². The predicted octanol–water partition coefficient (Wildman–Crippen LogP) is 2.29. The van der Waals surface area contributed by atoms with E-state index in [0.29, 0.717) is 17.8 Å². The lowest BCUT2D eigenvalue weighted by Crippen LogP contribution is -2.32. The molecule has 5 rings (SSSR count). The van der Waals surface area contributed by atoms with E-state index in [1.807, 2.05) is 12.1 Å². The van der Waals surface area contributed by atoms with E-state index in [4.69, 9.17) is 14.5 Å². The van der Waals surface area contributed by atoms with Crippen molar-refractivity contribution in [1.82, 2.24) is 0 Å². The molecule has 0 aromatic heterocycles. The fourth-order valence-electron chi connectivity index (χ4n) is 3.27. The highest BCUT2D eigenvalue weighted by molar-refractivity contribution is 5.38. The van der Waals surface area contributed by atoms with Gasteiger partial charge in [-0.1, -0.05) is 24.3 Å². The number of fused-ring (bicyclic) bond motifs is 1. The van der Waals surface area contributed by atoms with E-state index in [2.05, 4.69) is 24.3 Å². The Balaban J connectivity index is 1.62. The summed E-state index contributed by atoms with van der Waals surface area (Å²) in [5.41, 5.74) is 1.37. The fraction of sp³-hybridized carbons (Fsp3) is 0.429. The first kappa shape index (κ1) is 9.68. The van der Waals surface area contributed by atoms with E-state index in [1.165, 1.54) is 5.56 Å². The third kappa shape index (κ3) is 1.30. The van der Waals surface area contributed by atoms with Gasteiger partial charge in [-0.05, 0) is 23.6 Å². The molecule has 2 aliphatic carbocycles. The lowest BCUT2D eigenvalue weighted by molar-refractivity contribution is -0.364. The molecule has 1 saturated heterocycles. The second-order valence-corrected chi connectivity index (χ2v) is 4.96. The quantitative estimate of drug-likeness (QED) is 0.576. The zero-order valence-electron chi connectivity index (χ0n) is 9.58. The van der Waals surface area contributed by atoms with Crippen LogP contribution in [0.1, 0.15) is 11.5 Å². The molecule has 1 unspecified atom stereocenters. The minimum atomic E-state index is 0.150. The first-order valence-electron chi connectivity index (χ1n) is 6.03. The summed E-state index contributed by atoms with van der Waals surface area (Å²) in [7, 11) is 1.69. The van der Waals surface area contributed by atoms with Crippen LogP contribution in [0, 0.1) is 11.8 Å². The average molecular weight is 230 g/mol. The molecule has 2 fully saturated rings. The molecule has 3 nitrogen and oxygen atoms in total. The standard InChI is InChI=1S/C14H14O3/c1-15-9-4-2-8(3-5-9)12-13-10-6-7-11(14(12)13)17-16-10/h2-7,10-14H,1H3/t10-,11+,12?,13-,14-/m1/s1. The van der Waals surface area contributed by atoms with Crippen molar-refractivity contribution in [3.63, 3.8) is 0 Å². The first-order chi connectivity index (χ1) is 8.38. The second-order valence-electron chi connectivity index (χ2n) is 4.96. The number of hydrogen-bond acceptors (Lipinski definition) is 3. The van der Waals surface area contributed by atoms with Gasteiger partial charge in [0.2, 0.25) is 0 Å². The number of ether oxygens (including phenoxy) is 1. The molecule has 0 radical (unpaired) electrons. The number of rotatable bonds is 2. The normalized spacial score (nSPS) is 41.1. The van der Waals surface area contributed by atoms with Crippen molar-refractivity contribution in [2.75, 3.05) is 7.11 Å². The Morgan fingerprint density at radius 2 is 1.53 bits per heavy atom. The highest BCUT2D eigenvalue weighted by Crippen LogP contribution is 2.63. The van der Waals surface area contributed by atoms with Crippen molar-refractivity contribution in [2.45, 2.75) is 18.1 Å². The molecule has 0 N–H and O–H groups in total. The second kappa shape index (κ2) is 3.34. The molecule has 17 heavy (non-hydrogen) atoms. The van der Waals surface area contributed by atoms with Gasteiger partial charge < -0.3 is 4.74 Å². The van der Waals surface area contributed by atoms with E-state index < -0.39 is 0 Å². The Hall–Kier alpha value is -1.32. The van der Waals surface area contributed by atoms with Gasteiger partial charge in [-0.25, -0.2) is 9.78 Å². The van der Waals surface area contributed by atoms with Gasteiger partial charge in [-0.2, -0.15) is 0 Å². The third-order valence-electron chi connectivity index (χ3n) is 4.16. The summed E-state index contributed by atoms with van der Waals surface area (Å²) in [5.74, 6) is 2.69. The minimum absolute atomic E-state index is 0.150. The Bertz CT molecular complexity index is 445. The van der Waals surface area contributed by atoms with Crippen LogP contribution in [0.3, 0.4) is 0 Å². The van der Waals surface area contributed by atoms with Crippen molar-refractivity contribution in [1.29, 1.82) is 0 Å². The third-order valence-corrected chi connectivity index (χ3v) is 4.16. The van der Waals surface area contributed by atoms with Crippen LogP contribution in [-0.2, 0) is 9.78 Å². The van der Waals surface area contributed by atoms with Crippen molar-refractivity contribution in [3.8, 4) is 5.75 Å². The van der Waals surface area contributed by atoms with E-state index in [-0.39, 0.29) is 12.2 Å². The molecule has 2 aliphatic heterocycles. The molecule has 1 saturated carbocycles. The van der Waals surface area contributed by atoms with Gasteiger partial charge >= 0.3 is 0 Å². The zero-order valence-corrected chi connectivity index (χ0v) is 9.58. The maximum Gasteiger partial charge on any atom is 0.118 e. The lowest BCUT2D eigenvalue weighted by Gasteiger charge is -2.28. The maximum atomic E-state index is 5.32. The Labute approximate surface area is 99.9 Å². The van der Waals surface area contributed by atoms with E-state index in [0.717, 1.165) is 5.75 Å². The summed E-state index contributed by atoms with van der Waals surface area (Å²) >= 11 is 0. The van der Waals surface area contributed by atoms with E-state index in [9.17, 15) is 0 Å². The summed E-state index contributed by atoms with van der Waals surface area (Å²) in [6.45, 7) is 0. The number of benzene rings is 1. The topological polar surface area (TPSA) is 27.7 Å². The molecular weight excluding hydrogens is 216 g/mol. The molecule has 4 aliphatic rings. The molecule has 3 heteroatoms. The van der Waals surface area contributed by atoms with Gasteiger partial charge in [0.1, 0.15) is 18.0 Å². The molecular formula is C14H14O3. The van der Waals surface area contributed by atoms with Crippen LogP contribution in [0.4, 0.5) is 0 Å². The Morgan fingerprint density at radius 1 is 0.941 bits per heavy atom. The Kier molecular flexibility index (Phi) is 1.90. The molecule has 5 atom stereocenters.